The van der Waals surface area contributed by atoms with E-state index in [-0.39, 0.29) is 18.6 Å². The van der Waals surface area contributed by atoms with Gasteiger partial charge < -0.3 is 16.2 Å². The molecule has 1 heterocycles. The number of likely N-dealkylation sites (tertiary alicyclic amines) is 1. The fraction of sp³-hybridized carbons (Fsp3) is 0.533. The molecular weight excluding hydrogens is 254 g/mol. The van der Waals surface area contributed by atoms with Crippen molar-refractivity contribution < 1.29 is 9.90 Å². The fourth-order valence-corrected chi connectivity index (χ4v) is 2.50. The molecule has 1 atom stereocenters. The van der Waals surface area contributed by atoms with Gasteiger partial charge in [0.2, 0.25) is 5.91 Å². The zero-order chi connectivity index (χ0) is 14.5. The van der Waals surface area contributed by atoms with Crippen LogP contribution < -0.4 is 11.1 Å². The van der Waals surface area contributed by atoms with Crippen LogP contribution in [0.25, 0.3) is 0 Å². The normalized spacial score (nSPS) is 18.7. The van der Waals surface area contributed by atoms with Crippen LogP contribution in [-0.2, 0) is 4.79 Å². The van der Waals surface area contributed by atoms with E-state index in [2.05, 4.69) is 10.2 Å². The molecule has 1 aliphatic heterocycles. The topological polar surface area (TPSA) is 78.6 Å². The molecule has 0 spiro atoms. The number of benzene rings is 1. The monoisotopic (exact) mass is 277 g/mol. The highest BCUT2D eigenvalue weighted by atomic mass is 16.3. The highest BCUT2D eigenvalue weighted by Crippen LogP contribution is 2.19. The van der Waals surface area contributed by atoms with Gasteiger partial charge in [0.15, 0.2) is 0 Å². The molecule has 1 aromatic carbocycles. The van der Waals surface area contributed by atoms with E-state index in [1.165, 1.54) is 0 Å². The summed E-state index contributed by atoms with van der Waals surface area (Å²) in [5.74, 6) is 0.385. The van der Waals surface area contributed by atoms with Gasteiger partial charge in [-0.1, -0.05) is 0 Å². The summed E-state index contributed by atoms with van der Waals surface area (Å²) >= 11 is 0. The summed E-state index contributed by atoms with van der Waals surface area (Å²) < 4.78 is 0. The quantitative estimate of drug-likeness (QED) is 0.725. The molecule has 20 heavy (non-hydrogen) atoms. The second-order valence-electron chi connectivity index (χ2n) is 5.45. The highest BCUT2D eigenvalue weighted by molar-refractivity contribution is 5.94. The SMILES string of the molecule is CC(C(=O)Nc1ccc(N)cc1)N1CCC(CO)CC1. The number of anilines is 2. The molecule has 5 heteroatoms. The van der Waals surface area contributed by atoms with Crippen LogP contribution in [0.1, 0.15) is 19.8 Å². The van der Waals surface area contributed by atoms with Gasteiger partial charge in [-0.05, 0) is 63.0 Å². The summed E-state index contributed by atoms with van der Waals surface area (Å²) in [6.07, 6.45) is 1.91. The number of hydrogen-bond donors (Lipinski definition) is 3. The third-order valence-corrected chi connectivity index (χ3v) is 4.01. The highest BCUT2D eigenvalue weighted by Gasteiger charge is 2.26. The van der Waals surface area contributed by atoms with Gasteiger partial charge in [-0.25, -0.2) is 0 Å². The molecule has 1 amide bonds. The first kappa shape index (κ1) is 14.8. The maximum absolute atomic E-state index is 12.2. The van der Waals surface area contributed by atoms with E-state index >= 15 is 0 Å². The van der Waals surface area contributed by atoms with E-state index in [4.69, 9.17) is 10.8 Å². The van der Waals surface area contributed by atoms with Crippen molar-refractivity contribution in [1.29, 1.82) is 0 Å². The Hall–Kier alpha value is -1.59. The molecule has 0 bridgehead atoms. The molecule has 4 N–H and O–H groups in total. The third-order valence-electron chi connectivity index (χ3n) is 4.01. The van der Waals surface area contributed by atoms with Crippen LogP contribution in [0.2, 0.25) is 0 Å². The number of aliphatic hydroxyl groups is 1. The first-order valence-corrected chi connectivity index (χ1v) is 7.11. The van der Waals surface area contributed by atoms with Crippen molar-refractivity contribution in [1.82, 2.24) is 4.90 Å². The number of piperidine rings is 1. The van der Waals surface area contributed by atoms with Gasteiger partial charge in [-0.15, -0.1) is 0 Å². The number of carbonyl (C=O) groups excluding carboxylic acids is 1. The van der Waals surface area contributed by atoms with Gasteiger partial charge in [0.25, 0.3) is 0 Å². The van der Waals surface area contributed by atoms with E-state index in [9.17, 15) is 4.79 Å². The fourth-order valence-electron chi connectivity index (χ4n) is 2.50. The van der Waals surface area contributed by atoms with E-state index in [1.807, 2.05) is 6.92 Å². The molecule has 1 aliphatic rings. The maximum Gasteiger partial charge on any atom is 0.241 e. The summed E-state index contributed by atoms with van der Waals surface area (Å²) in [4.78, 5) is 14.4. The zero-order valence-electron chi connectivity index (χ0n) is 11.9. The molecule has 1 unspecified atom stereocenters. The minimum absolute atomic E-state index is 0.00257. The van der Waals surface area contributed by atoms with Crippen molar-refractivity contribution in [2.75, 3.05) is 30.7 Å². The smallest absolute Gasteiger partial charge is 0.241 e. The molecule has 5 nitrogen and oxygen atoms in total. The molecule has 0 aliphatic carbocycles. The van der Waals surface area contributed by atoms with Gasteiger partial charge >= 0.3 is 0 Å². The Morgan fingerprint density at radius 3 is 2.55 bits per heavy atom. The zero-order valence-corrected chi connectivity index (χ0v) is 11.9. The molecule has 0 aromatic heterocycles. The first-order valence-electron chi connectivity index (χ1n) is 7.11. The Kier molecular flexibility index (Phi) is 4.98. The average Bonchev–Trinajstić information content (AvgIpc) is 2.49. The van der Waals surface area contributed by atoms with Gasteiger partial charge in [0, 0.05) is 18.0 Å². The second-order valence-corrected chi connectivity index (χ2v) is 5.45. The summed E-state index contributed by atoms with van der Waals surface area (Å²) in [7, 11) is 0. The van der Waals surface area contributed by atoms with Crippen LogP contribution in [0.5, 0.6) is 0 Å². The predicted molar refractivity (Wildman–Crippen MR) is 80.3 cm³/mol. The first-order chi connectivity index (χ1) is 9.60. The van der Waals surface area contributed by atoms with Gasteiger partial charge in [-0.3, -0.25) is 9.69 Å². The second kappa shape index (κ2) is 6.72. The lowest BCUT2D eigenvalue weighted by atomic mass is 9.97. The number of carbonyl (C=O) groups is 1. The Morgan fingerprint density at radius 1 is 1.40 bits per heavy atom. The minimum Gasteiger partial charge on any atom is -0.399 e. The number of amides is 1. The largest absolute Gasteiger partial charge is 0.399 e. The Balaban J connectivity index is 1.87. The molecule has 0 radical (unpaired) electrons. The average molecular weight is 277 g/mol. The molecule has 110 valence electrons. The lowest BCUT2D eigenvalue weighted by Gasteiger charge is -2.34. The van der Waals surface area contributed by atoms with E-state index in [0.29, 0.717) is 11.6 Å². The van der Waals surface area contributed by atoms with Crippen molar-refractivity contribution in [2.45, 2.75) is 25.8 Å². The molecule has 0 saturated carbocycles. The Labute approximate surface area is 119 Å². The molecule has 1 aromatic rings. The number of rotatable bonds is 4. The standard InChI is InChI=1S/C15H23N3O2/c1-11(18-8-6-12(10-19)7-9-18)15(20)17-14-4-2-13(16)3-5-14/h2-5,11-12,19H,6-10,16H2,1H3,(H,17,20). The maximum atomic E-state index is 12.2. The third kappa shape index (κ3) is 3.71. The summed E-state index contributed by atoms with van der Waals surface area (Å²) in [6.45, 7) is 3.90. The van der Waals surface area contributed by atoms with Crippen molar-refractivity contribution in [3.8, 4) is 0 Å². The van der Waals surface area contributed by atoms with Gasteiger partial charge in [0.1, 0.15) is 0 Å². The number of nitrogen functional groups attached to an aromatic ring is 1. The van der Waals surface area contributed by atoms with E-state index in [0.717, 1.165) is 31.6 Å². The predicted octanol–water partition coefficient (Wildman–Crippen LogP) is 1.30. The minimum atomic E-state index is -0.160. The lowest BCUT2D eigenvalue weighted by Crippen LogP contribution is -2.46. The van der Waals surface area contributed by atoms with Crippen LogP contribution in [0.4, 0.5) is 11.4 Å². The van der Waals surface area contributed by atoms with Crippen molar-refractivity contribution in [2.24, 2.45) is 5.92 Å². The number of aliphatic hydroxyl groups excluding tert-OH is 1. The van der Waals surface area contributed by atoms with E-state index in [1.54, 1.807) is 24.3 Å². The Morgan fingerprint density at radius 2 is 2.00 bits per heavy atom. The number of nitrogens with one attached hydrogen (secondary N) is 1. The summed E-state index contributed by atoms with van der Waals surface area (Å²) in [5.41, 5.74) is 7.07. The lowest BCUT2D eigenvalue weighted by molar-refractivity contribution is -0.121. The van der Waals surface area contributed by atoms with Crippen molar-refractivity contribution >= 4 is 17.3 Å². The summed E-state index contributed by atoms with van der Waals surface area (Å²) in [6, 6.07) is 6.99. The summed E-state index contributed by atoms with van der Waals surface area (Å²) in [5, 5.41) is 12.0. The van der Waals surface area contributed by atoms with Crippen LogP contribution in [0.3, 0.4) is 0 Å². The number of hydrogen-bond acceptors (Lipinski definition) is 4. The van der Waals surface area contributed by atoms with Gasteiger partial charge in [0.05, 0.1) is 6.04 Å². The molecule has 1 saturated heterocycles. The van der Waals surface area contributed by atoms with Crippen molar-refractivity contribution in [3.05, 3.63) is 24.3 Å². The van der Waals surface area contributed by atoms with Crippen LogP contribution in [0.15, 0.2) is 24.3 Å². The molecule has 1 fully saturated rings. The Bertz CT molecular complexity index is 439. The van der Waals surface area contributed by atoms with Gasteiger partial charge in [-0.2, -0.15) is 0 Å². The van der Waals surface area contributed by atoms with E-state index < -0.39 is 0 Å². The van der Waals surface area contributed by atoms with Crippen LogP contribution in [0, 0.1) is 5.92 Å². The molecule has 2 rings (SSSR count). The number of nitrogens with zero attached hydrogens (tertiary/aromatic N) is 1. The van der Waals surface area contributed by atoms with Crippen LogP contribution in [-0.4, -0.2) is 41.7 Å². The van der Waals surface area contributed by atoms with Crippen LogP contribution >= 0.6 is 0 Å². The number of nitrogens with two attached hydrogens (primary N) is 1. The molecular formula is C15H23N3O2. The van der Waals surface area contributed by atoms with Crippen molar-refractivity contribution in [3.63, 3.8) is 0 Å².